The van der Waals surface area contributed by atoms with Crippen molar-refractivity contribution in [2.75, 3.05) is 25.9 Å². The molecule has 1 saturated heterocycles. The molecule has 1 aliphatic heterocycles. The van der Waals surface area contributed by atoms with Crippen molar-refractivity contribution in [1.82, 2.24) is 34.5 Å². The first kappa shape index (κ1) is 18.0. The van der Waals surface area contributed by atoms with E-state index in [2.05, 4.69) is 27.5 Å². The molecule has 8 nitrogen and oxygen atoms in total. The molecule has 9 heteroatoms. The normalized spacial score (nSPS) is 17.7. The second kappa shape index (κ2) is 7.32. The van der Waals surface area contributed by atoms with Gasteiger partial charge in [-0.25, -0.2) is 4.68 Å². The minimum Gasteiger partial charge on any atom is -0.306 e. The van der Waals surface area contributed by atoms with Gasteiger partial charge >= 0.3 is 0 Å². The van der Waals surface area contributed by atoms with Crippen molar-refractivity contribution in [1.29, 1.82) is 0 Å². The molecule has 0 radical (unpaired) electrons. The van der Waals surface area contributed by atoms with Crippen molar-refractivity contribution in [3.63, 3.8) is 0 Å². The molecule has 3 aromatic rings. The fourth-order valence-corrected chi connectivity index (χ4v) is 4.56. The zero-order valence-electron chi connectivity index (χ0n) is 15.7. The summed E-state index contributed by atoms with van der Waals surface area (Å²) < 4.78 is 5.07. The van der Waals surface area contributed by atoms with E-state index in [-0.39, 0.29) is 5.56 Å². The molecule has 2 aromatic heterocycles. The van der Waals surface area contributed by atoms with Gasteiger partial charge in [-0.3, -0.25) is 9.48 Å². The molecule has 0 amide bonds. The second-order valence-electron chi connectivity index (χ2n) is 7.01. The third-order valence-electron chi connectivity index (χ3n) is 5.11. The standard InChI is InChI=1S/C18H23N7OS/c1-13-16(17(26)25(23(13)3)15-7-5-4-6-8-15)24-18(19-20-21-24)27-12-14-9-10-22(2)11-14/h4-8,14H,9-12H2,1-3H3. The molecule has 0 N–H and O–H groups in total. The number of hydrogen-bond donors (Lipinski definition) is 0. The van der Waals surface area contributed by atoms with Crippen LogP contribution in [0.4, 0.5) is 0 Å². The minimum atomic E-state index is -0.129. The molecule has 1 atom stereocenters. The Morgan fingerprint density at radius 3 is 2.70 bits per heavy atom. The van der Waals surface area contributed by atoms with Gasteiger partial charge in [-0.1, -0.05) is 30.0 Å². The van der Waals surface area contributed by atoms with E-state index in [1.54, 1.807) is 21.1 Å². The van der Waals surface area contributed by atoms with Crippen LogP contribution in [0.5, 0.6) is 0 Å². The summed E-state index contributed by atoms with van der Waals surface area (Å²) in [5.41, 5.74) is 2.00. The van der Waals surface area contributed by atoms with Crippen LogP contribution in [-0.4, -0.2) is 60.4 Å². The van der Waals surface area contributed by atoms with E-state index in [0.29, 0.717) is 16.8 Å². The average Bonchev–Trinajstić information content (AvgIpc) is 3.34. The van der Waals surface area contributed by atoms with Crippen LogP contribution in [0.1, 0.15) is 12.1 Å². The van der Waals surface area contributed by atoms with Gasteiger partial charge in [0.25, 0.3) is 5.56 Å². The summed E-state index contributed by atoms with van der Waals surface area (Å²) in [7, 11) is 4.02. The Balaban J connectivity index is 1.67. The van der Waals surface area contributed by atoms with Gasteiger partial charge in [0.15, 0.2) is 5.69 Å². The highest BCUT2D eigenvalue weighted by molar-refractivity contribution is 7.99. The van der Waals surface area contributed by atoms with Gasteiger partial charge in [-0.15, -0.1) is 5.10 Å². The van der Waals surface area contributed by atoms with Crippen LogP contribution >= 0.6 is 11.8 Å². The van der Waals surface area contributed by atoms with Gasteiger partial charge in [0.05, 0.1) is 11.4 Å². The van der Waals surface area contributed by atoms with Gasteiger partial charge in [-0.2, -0.15) is 4.68 Å². The first-order valence-electron chi connectivity index (χ1n) is 9.00. The van der Waals surface area contributed by atoms with Crippen LogP contribution in [0.3, 0.4) is 0 Å². The Kier molecular flexibility index (Phi) is 4.88. The van der Waals surface area contributed by atoms with Crippen LogP contribution < -0.4 is 5.56 Å². The van der Waals surface area contributed by atoms with Crippen molar-refractivity contribution in [3.8, 4) is 11.4 Å². The topological polar surface area (TPSA) is 73.8 Å². The lowest BCUT2D eigenvalue weighted by molar-refractivity contribution is 0.403. The predicted molar refractivity (Wildman–Crippen MR) is 105 cm³/mol. The van der Waals surface area contributed by atoms with Crippen LogP contribution in [0.25, 0.3) is 11.4 Å². The average molecular weight is 385 g/mol. The molecule has 4 rings (SSSR count). The zero-order chi connectivity index (χ0) is 19.0. The number of para-hydroxylation sites is 1. The van der Waals surface area contributed by atoms with E-state index in [4.69, 9.17) is 0 Å². The molecule has 0 bridgehead atoms. The molecule has 1 unspecified atom stereocenters. The third kappa shape index (κ3) is 3.32. The molecule has 0 saturated carbocycles. The predicted octanol–water partition coefficient (Wildman–Crippen LogP) is 1.50. The molecule has 0 spiro atoms. The highest BCUT2D eigenvalue weighted by Gasteiger charge is 2.24. The summed E-state index contributed by atoms with van der Waals surface area (Å²) in [6.45, 7) is 4.15. The summed E-state index contributed by atoms with van der Waals surface area (Å²) >= 11 is 1.62. The van der Waals surface area contributed by atoms with Gasteiger partial charge in [0.1, 0.15) is 0 Å². The third-order valence-corrected chi connectivity index (χ3v) is 6.26. The van der Waals surface area contributed by atoms with E-state index in [0.717, 1.165) is 30.2 Å². The molecule has 1 aromatic carbocycles. The fraction of sp³-hybridized carbons (Fsp3) is 0.444. The minimum absolute atomic E-state index is 0.129. The van der Waals surface area contributed by atoms with E-state index in [1.807, 2.05) is 49.0 Å². The number of tetrazole rings is 1. The van der Waals surface area contributed by atoms with Crippen molar-refractivity contribution in [2.45, 2.75) is 18.5 Å². The molecule has 27 heavy (non-hydrogen) atoms. The second-order valence-corrected chi connectivity index (χ2v) is 8.00. The van der Waals surface area contributed by atoms with Crippen LogP contribution in [-0.2, 0) is 7.05 Å². The number of rotatable bonds is 5. The maximum Gasteiger partial charge on any atom is 0.297 e. The lowest BCUT2D eigenvalue weighted by atomic mass is 10.2. The number of thioether (sulfide) groups is 1. The SMILES string of the molecule is Cc1c(-n2nnnc2SCC2CCN(C)C2)c(=O)n(-c2ccccc2)n1C. The highest BCUT2D eigenvalue weighted by atomic mass is 32.2. The maximum absolute atomic E-state index is 13.2. The van der Waals surface area contributed by atoms with E-state index >= 15 is 0 Å². The number of benzene rings is 1. The van der Waals surface area contributed by atoms with Gasteiger partial charge in [0.2, 0.25) is 5.16 Å². The van der Waals surface area contributed by atoms with Gasteiger partial charge in [0, 0.05) is 19.3 Å². The Morgan fingerprint density at radius 2 is 2.00 bits per heavy atom. The first-order valence-corrected chi connectivity index (χ1v) is 9.99. The Morgan fingerprint density at radius 1 is 1.22 bits per heavy atom. The number of likely N-dealkylation sites (tertiary alicyclic amines) is 1. The summed E-state index contributed by atoms with van der Waals surface area (Å²) in [4.78, 5) is 15.5. The van der Waals surface area contributed by atoms with E-state index in [9.17, 15) is 4.79 Å². The lowest BCUT2D eigenvalue weighted by Crippen LogP contribution is -2.22. The summed E-state index contributed by atoms with van der Waals surface area (Å²) in [5, 5.41) is 12.8. The summed E-state index contributed by atoms with van der Waals surface area (Å²) in [6, 6.07) is 9.59. The molecule has 1 aliphatic rings. The molecular weight excluding hydrogens is 362 g/mol. The van der Waals surface area contributed by atoms with Crippen molar-refractivity contribution in [2.24, 2.45) is 13.0 Å². The number of aromatic nitrogens is 6. The van der Waals surface area contributed by atoms with Gasteiger partial charge < -0.3 is 4.90 Å². The summed E-state index contributed by atoms with van der Waals surface area (Å²) in [6.07, 6.45) is 1.19. The highest BCUT2D eigenvalue weighted by Crippen LogP contribution is 2.25. The quantitative estimate of drug-likeness (QED) is 0.620. The molecule has 3 heterocycles. The maximum atomic E-state index is 13.2. The monoisotopic (exact) mass is 385 g/mol. The van der Waals surface area contributed by atoms with Crippen LogP contribution in [0.15, 0.2) is 40.3 Å². The Bertz CT molecular complexity index is 991. The van der Waals surface area contributed by atoms with Crippen molar-refractivity contribution in [3.05, 3.63) is 46.4 Å². The largest absolute Gasteiger partial charge is 0.306 e. The van der Waals surface area contributed by atoms with E-state index < -0.39 is 0 Å². The Hall–Kier alpha value is -2.39. The molecule has 142 valence electrons. The zero-order valence-corrected chi connectivity index (χ0v) is 16.6. The van der Waals surface area contributed by atoms with Crippen LogP contribution in [0.2, 0.25) is 0 Å². The number of nitrogens with zero attached hydrogens (tertiary/aromatic N) is 7. The van der Waals surface area contributed by atoms with Crippen LogP contribution in [0, 0.1) is 12.8 Å². The number of hydrogen-bond acceptors (Lipinski definition) is 6. The smallest absolute Gasteiger partial charge is 0.297 e. The lowest BCUT2D eigenvalue weighted by Gasteiger charge is -2.09. The fourth-order valence-electron chi connectivity index (χ4n) is 3.56. The van der Waals surface area contributed by atoms with Gasteiger partial charge in [-0.05, 0) is 55.4 Å². The Labute approximate surface area is 161 Å². The molecule has 1 fully saturated rings. The molecular formula is C18H23N7OS. The van der Waals surface area contributed by atoms with Crippen molar-refractivity contribution < 1.29 is 0 Å². The molecule has 0 aliphatic carbocycles. The van der Waals surface area contributed by atoms with Crippen molar-refractivity contribution >= 4 is 11.8 Å². The summed E-state index contributed by atoms with van der Waals surface area (Å²) in [5.74, 6) is 1.58. The first-order chi connectivity index (χ1) is 13.1. The van der Waals surface area contributed by atoms with E-state index in [1.165, 1.54) is 6.42 Å².